The minimum Gasteiger partial charge on any atom is -0.493 e. The molecule has 3 heterocycles. The molecule has 1 atom stereocenters. The van der Waals surface area contributed by atoms with E-state index in [1.807, 2.05) is 52.2 Å². The van der Waals surface area contributed by atoms with Gasteiger partial charge in [0.2, 0.25) is 0 Å². The maximum Gasteiger partial charge on any atom is 0.274 e. The van der Waals surface area contributed by atoms with Gasteiger partial charge in [-0.15, -0.1) is 0 Å². The largest absolute Gasteiger partial charge is 0.493 e. The molecule has 0 saturated carbocycles. The van der Waals surface area contributed by atoms with E-state index in [0.29, 0.717) is 17.7 Å². The van der Waals surface area contributed by atoms with Crippen LogP contribution in [0.5, 0.6) is 5.75 Å². The molecule has 6 heteroatoms. The Hall–Kier alpha value is -2.34. The van der Waals surface area contributed by atoms with Gasteiger partial charge in [-0.25, -0.2) is 0 Å². The Morgan fingerprint density at radius 2 is 1.96 bits per heavy atom. The van der Waals surface area contributed by atoms with Crippen molar-refractivity contribution in [2.45, 2.75) is 31.7 Å². The Balaban J connectivity index is 1.26. The number of ether oxygens (including phenoxy) is 1. The van der Waals surface area contributed by atoms with Crippen LogP contribution in [0.4, 0.5) is 0 Å². The standard InChI is InChI=1S/C21H28N4O2/c26-21(20-10-14-25(23-20)18-5-4-11-22-15-18)24-12-8-17(9-13-24)16-27-19-6-2-1-3-7-19/h1-3,6-7,10,14,17-18,22H,4-5,8-9,11-13,15-16H2. The van der Waals surface area contributed by atoms with Crippen molar-refractivity contribution in [3.05, 3.63) is 48.3 Å². The monoisotopic (exact) mass is 368 g/mol. The summed E-state index contributed by atoms with van der Waals surface area (Å²) in [5.41, 5.74) is 0.569. The summed E-state index contributed by atoms with van der Waals surface area (Å²) in [4.78, 5) is 14.7. The summed E-state index contributed by atoms with van der Waals surface area (Å²) >= 11 is 0. The SMILES string of the molecule is O=C(c1ccn(C2CCCNC2)n1)N1CCC(COc2ccccc2)CC1. The highest BCUT2D eigenvalue weighted by Gasteiger charge is 2.26. The quantitative estimate of drug-likeness (QED) is 0.882. The number of hydrogen-bond acceptors (Lipinski definition) is 4. The van der Waals surface area contributed by atoms with Gasteiger partial charge < -0.3 is 15.0 Å². The number of likely N-dealkylation sites (tertiary alicyclic amines) is 1. The van der Waals surface area contributed by atoms with E-state index in [2.05, 4.69) is 10.4 Å². The maximum absolute atomic E-state index is 12.8. The van der Waals surface area contributed by atoms with Crippen LogP contribution in [0.3, 0.4) is 0 Å². The summed E-state index contributed by atoms with van der Waals surface area (Å²) in [6.45, 7) is 4.28. The first-order valence-electron chi connectivity index (χ1n) is 10.0. The zero-order valence-corrected chi connectivity index (χ0v) is 15.7. The Kier molecular flexibility index (Phi) is 5.72. The van der Waals surface area contributed by atoms with Gasteiger partial charge in [0.25, 0.3) is 5.91 Å². The first-order chi connectivity index (χ1) is 13.3. The molecule has 1 aromatic heterocycles. The van der Waals surface area contributed by atoms with Crippen molar-refractivity contribution >= 4 is 5.91 Å². The van der Waals surface area contributed by atoms with Crippen molar-refractivity contribution < 1.29 is 9.53 Å². The molecule has 0 bridgehead atoms. The molecule has 27 heavy (non-hydrogen) atoms. The third-order valence-electron chi connectivity index (χ3n) is 5.60. The number of nitrogens with zero attached hydrogens (tertiary/aromatic N) is 3. The zero-order valence-electron chi connectivity index (χ0n) is 15.7. The number of carbonyl (C=O) groups excluding carboxylic acids is 1. The number of aromatic nitrogens is 2. The lowest BCUT2D eigenvalue weighted by atomic mass is 9.97. The summed E-state index contributed by atoms with van der Waals surface area (Å²) in [7, 11) is 0. The van der Waals surface area contributed by atoms with Crippen LogP contribution >= 0.6 is 0 Å². The molecule has 0 radical (unpaired) electrons. The third-order valence-corrected chi connectivity index (χ3v) is 5.60. The lowest BCUT2D eigenvalue weighted by Gasteiger charge is -2.31. The van der Waals surface area contributed by atoms with E-state index in [1.165, 1.54) is 0 Å². The minimum absolute atomic E-state index is 0.0555. The second-order valence-corrected chi connectivity index (χ2v) is 7.54. The summed E-state index contributed by atoms with van der Waals surface area (Å²) < 4.78 is 7.83. The van der Waals surface area contributed by atoms with Gasteiger partial charge in [-0.3, -0.25) is 9.48 Å². The van der Waals surface area contributed by atoms with Gasteiger partial charge in [0.05, 0.1) is 12.6 Å². The highest BCUT2D eigenvalue weighted by atomic mass is 16.5. The van der Waals surface area contributed by atoms with Gasteiger partial charge in [0, 0.05) is 25.8 Å². The summed E-state index contributed by atoms with van der Waals surface area (Å²) in [5.74, 6) is 1.47. The van der Waals surface area contributed by atoms with Crippen LogP contribution in [0.1, 0.15) is 42.2 Å². The smallest absolute Gasteiger partial charge is 0.274 e. The molecular weight excluding hydrogens is 340 g/mol. The molecule has 0 spiro atoms. The predicted octanol–water partition coefficient (Wildman–Crippen LogP) is 2.74. The van der Waals surface area contributed by atoms with Crippen LogP contribution in [-0.2, 0) is 0 Å². The van der Waals surface area contributed by atoms with E-state index in [0.717, 1.165) is 64.2 Å². The molecule has 144 valence electrons. The number of rotatable bonds is 5. The van der Waals surface area contributed by atoms with Gasteiger partial charge >= 0.3 is 0 Å². The van der Waals surface area contributed by atoms with Crippen LogP contribution < -0.4 is 10.1 Å². The fraction of sp³-hybridized carbons (Fsp3) is 0.524. The predicted molar refractivity (Wildman–Crippen MR) is 104 cm³/mol. The Morgan fingerprint density at radius 1 is 1.15 bits per heavy atom. The molecule has 2 saturated heterocycles. The molecule has 0 aliphatic carbocycles. The number of para-hydroxylation sites is 1. The lowest BCUT2D eigenvalue weighted by molar-refractivity contribution is 0.0654. The van der Waals surface area contributed by atoms with Crippen LogP contribution in [0.25, 0.3) is 0 Å². The molecule has 4 rings (SSSR count). The van der Waals surface area contributed by atoms with Gasteiger partial charge in [0.15, 0.2) is 0 Å². The van der Waals surface area contributed by atoms with Crippen molar-refractivity contribution in [1.29, 1.82) is 0 Å². The molecule has 2 aliphatic rings. The second kappa shape index (κ2) is 8.57. The molecule has 1 aromatic carbocycles. The van der Waals surface area contributed by atoms with Crippen LogP contribution in [0.15, 0.2) is 42.6 Å². The van der Waals surface area contributed by atoms with E-state index in [4.69, 9.17) is 4.74 Å². The molecule has 6 nitrogen and oxygen atoms in total. The first-order valence-corrected chi connectivity index (χ1v) is 10.0. The highest BCUT2D eigenvalue weighted by molar-refractivity contribution is 5.92. The van der Waals surface area contributed by atoms with E-state index in [1.54, 1.807) is 0 Å². The number of nitrogens with one attached hydrogen (secondary N) is 1. The van der Waals surface area contributed by atoms with Crippen LogP contribution in [0, 0.1) is 5.92 Å². The van der Waals surface area contributed by atoms with E-state index >= 15 is 0 Å². The number of piperidine rings is 2. The van der Waals surface area contributed by atoms with Gasteiger partial charge in [-0.2, -0.15) is 5.10 Å². The maximum atomic E-state index is 12.8. The van der Waals surface area contributed by atoms with E-state index < -0.39 is 0 Å². The van der Waals surface area contributed by atoms with Crippen molar-refractivity contribution in [3.8, 4) is 5.75 Å². The van der Waals surface area contributed by atoms with Crippen molar-refractivity contribution in [2.75, 3.05) is 32.8 Å². The molecule has 2 fully saturated rings. The van der Waals surface area contributed by atoms with Crippen molar-refractivity contribution in [1.82, 2.24) is 20.0 Å². The number of benzene rings is 1. The van der Waals surface area contributed by atoms with Crippen LogP contribution in [-0.4, -0.2) is 53.4 Å². The molecular formula is C21H28N4O2. The fourth-order valence-electron chi connectivity index (χ4n) is 3.91. The van der Waals surface area contributed by atoms with E-state index in [-0.39, 0.29) is 5.91 Å². The molecule has 2 aliphatic heterocycles. The molecule has 1 unspecified atom stereocenters. The fourth-order valence-corrected chi connectivity index (χ4v) is 3.91. The Morgan fingerprint density at radius 3 is 2.70 bits per heavy atom. The molecule has 1 N–H and O–H groups in total. The lowest BCUT2D eigenvalue weighted by Crippen LogP contribution is -2.40. The number of hydrogen-bond donors (Lipinski definition) is 1. The topological polar surface area (TPSA) is 59.4 Å². The third kappa shape index (κ3) is 4.50. The van der Waals surface area contributed by atoms with Crippen molar-refractivity contribution in [2.24, 2.45) is 5.92 Å². The van der Waals surface area contributed by atoms with Gasteiger partial charge in [-0.05, 0) is 56.3 Å². The summed E-state index contributed by atoms with van der Waals surface area (Å²) in [6, 6.07) is 12.2. The van der Waals surface area contributed by atoms with Gasteiger partial charge in [0.1, 0.15) is 11.4 Å². The average molecular weight is 368 g/mol. The number of amides is 1. The normalized spacial score (nSPS) is 21.2. The first kappa shape index (κ1) is 18.0. The second-order valence-electron chi connectivity index (χ2n) is 7.54. The Labute approximate surface area is 160 Å². The highest BCUT2D eigenvalue weighted by Crippen LogP contribution is 2.21. The molecule has 2 aromatic rings. The Bertz CT molecular complexity index is 732. The minimum atomic E-state index is 0.0555. The van der Waals surface area contributed by atoms with Crippen molar-refractivity contribution in [3.63, 3.8) is 0 Å². The average Bonchev–Trinajstić information content (AvgIpc) is 3.24. The van der Waals surface area contributed by atoms with Crippen LogP contribution in [0.2, 0.25) is 0 Å². The summed E-state index contributed by atoms with van der Waals surface area (Å²) in [6.07, 6.45) is 6.19. The van der Waals surface area contributed by atoms with E-state index in [9.17, 15) is 4.79 Å². The zero-order chi connectivity index (χ0) is 18.5. The number of carbonyl (C=O) groups is 1. The van der Waals surface area contributed by atoms with Gasteiger partial charge in [-0.1, -0.05) is 18.2 Å². The molecule has 1 amide bonds. The summed E-state index contributed by atoms with van der Waals surface area (Å²) in [5, 5.41) is 7.96.